The van der Waals surface area contributed by atoms with Gasteiger partial charge in [0.2, 0.25) is 0 Å². The Bertz CT molecular complexity index is 622. The number of nitrogens with zero attached hydrogens (tertiary/aromatic N) is 1. The number of thiazole rings is 1. The third-order valence-corrected chi connectivity index (χ3v) is 4.81. The van der Waals surface area contributed by atoms with E-state index in [-0.39, 0.29) is 5.69 Å². The topological polar surface area (TPSA) is 50.2 Å². The third-order valence-electron chi connectivity index (χ3n) is 2.76. The van der Waals surface area contributed by atoms with Gasteiger partial charge in [0.05, 0.1) is 9.88 Å². The number of carboxylic acid groups (broad SMARTS) is 1. The Morgan fingerprint density at radius 1 is 1.47 bits per heavy atom. The number of benzene rings is 1. The Morgan fingerprint density at radius 3 is 2.79 bits per heavy atom. The molecule has 0 radical (unpaired) electrons. The first-order chi connectivity index (χ1) is 9.02. The standard InChI is InChI=1S/C14H14BrNO2S/c1-3-4-11-16-12(14(17)18)13(19-11)9-5-6-10(15)8(2)7-9/h5-7H,3-4H2,1-2H3,(H,17,18). The molecule has 0 bridgehead atoms. The number of carbonyl (C=O) groups is 1. The number of carboxylic acids is 1. The Kier molecular flexibility index (Phi) is 4.37. The van der Waals surface area contributed by atoms with Crippen molar-refractivity contribution in [3.05, 3.63) is 38.9 Å². The molecule has 0 saturated heterocycles. The average molecular weight is 340 g/mol. The molecule has 0 spiro atoms. The van der Waals surface area contributed by atoms with Gasteiger partial charge in [-0.15, -0.1) is 11.3 Å². The smallest absolute Gasteiger partial charge is 0.356 e. The van der Waals surface area contributed by atoms with Gasteiger partial charge < -0.3 is 5.11 Å². The first-order valence-electron chi connectivity index (χ1n) is 6.02. The van der Waals surface area contributed by atoms with Gasteiger partial charge in [0, 0.05) is 4.47 Å². The van der Waals surface area contributed by atoms with Crippen LogP contribution >= 0.6 is 27.3 Å². The maximum absolute atomic E-state index is 11.3. The summed E-state index contributed by atoms with van der Waals surface area (Å²) in [5.41, 5.74) is 2.16. The summed E-state index contributed by atoms with van der Waals surface area (Å²) in [6, 6.07) is 5.85. The fourth-order valence-electron chi connectivity index (χ4n) is 1.81. The second-order valence-corrected chi connectivity index (χ2v) is 6.24. The fraction of sp³-hybridized carbons (Fsp3) is 0.286. The molecule has 0 amide bonds. The molecule has 100 valence electrons. The summed E-state index contributed by atoms with van der Waals surface area (Å²) in [6.07, 6.45) is 1.78. The van der Waals surface area contributed by atoms with E-state index < -0.39 is 5.97 Å². The molecule has 0 aliphatic rings. The number of hydrogen-bond acceptors (Lipinski definition) is 3. The zero-order valence-corrected chi connectivity index (χ0v) is 13.1. The van der Waals surface area contributed by atoms with Crippen molar-refractivity contribution >= 4 is 33.2 Å². The maximum Gasteiger partial charge on any atom is 0.356 e. The minimum Gasteiger partial charge on any atom is -0.476 e. The predicted octanol–water partition coefficient (Wildman–Crippen LogP) is 4.53. The normalized spacial score (nSPS) is 10.7. The van der Waals surface area contributed by atoms with Gasteiger partial charge in [-0.3, -0.25) is 0 Å². The largest absolute Gasteiger partial charge is 0.476 e. The zero-order valence-electron chi connectivity index (χ0n) is 10.7. The lowest BCUT2D eigenvalue weighted by molar-refractivity contribution is 0.0692. The molecule has 0 fully saturated rings. The van der Waals surface area contributed by atoms with Crippen LogP contribution in [0.25, 0.3) is 10.4 Å². The third kappa shape index (κ3) is 3.04. The van der Waals surface area contributed by atoms with Crippen molar-refractivity contribution < 1.29 is 9.90 Å². The van der Waals surface area contributed by atoms with Crippen molar-refractivity contribution in [1.29, 1.82) is 0 Å². The van der Waals surface area contributed by atoms with Gasteiger partial charge in [0.15, 0.2) is 5.69 Å². The summed E-state index contributed by atoms with van der Waals surface area (Å²) >= 11 is 4.92. The van der Waals surface area contributed by atoms with Crippen molar-refractivity contribution in [3.8, 4) is 10.4 Å². The van der Waals surface area contributed by atoms with Crippen LogP contribution in [-0.4, -0.2) is 16.1 Å². The Morgan fingerprint density at radius 2 is 2.21 bits per heavy atom. The molecule has 0 atom stereocenters. The average Bonchev–Trinajstić information content (AvgIpc) is 2.77. The molecule has 5 heteroatoms. The summed E-state index contributed by atoms with van der Waals surface area (Å²) in [5, 5.41) is 10.2. The monoisotopic (exact) mass is 339 g/mol. The number of aromatic carboxylic acids is 1. The van der Waals surface area contributed by atoms with Gasteiger partial charge in [-0.05, 0) is 43.0 Å². The van der Waals surface area contributed by atoms with Gasteiger partial charge >= 0.3 is 5.97 Å². The summed E-state index contributed by atoms with van der Waals surface area (Å²) in [7, 11) is 0. The minimum atomic E-state index is -0.964. The highest BCUT2D eigenvalue weighted by atomic mass is 79.9. The molecule has 1 aromatic heterocycles. The fourth-order valence-corrected chi connectivity index (χ4v) is 3.21. The Labute approximate surface area is 124 Å². The van der Waals surface area contributed by atoms with E-state index >= 15 is 0 Å². The van der Waals surface area contributed by atoms with Crippen LogP contribution in [-0.2, 0) is 6.42 Å². The summed E-state index contributed by atoms with van der Waals surface area (Å²) in [6.45, 7) is 4.05. The van der Waals surface area contributed by atoms with Gasteiger partial charge in [0.25, 0.3) is 0 Å². The number of aryl methyl sites for hydroxylation is 2. The lowest BCUT2D eigenvalue weighted by Gasteiger charge is -2.02. The lowest BCUT2D eigenvalue weighted by atomic mass is 10.1. The van der Waals surface area contributed by atoms with E-state index in [0.29, 0.717) is 0 Å². The highest BCUT2D eigenvalue weighted by Crippen LogP contribution is 2.33. The molecule has 1 N–H and O–H groups in total. The van der Waals surface area contributed by atoms with E-state index in [1.54, 1.807) is 0 Å². The van der Waals surface area contributed by atoms with Gasteiger partial charge in [-0.25, -0.2) is 9.78 Å². The maximum atomic E-state index is 11.3. The van der Waals surface area contributed by atoms with Crippen molar-refractivity contribution in [2.45, 2.75) is 26.7 Å². The van der Waals surface area contributed by atoms with Gasteiger partial charge in [-0.2, -0.15) is 0 Å². The molecule has 0 aliphatic heterocycles. The quantitative estimate of drug-likeness (QED) is 0.889. The molecule has 0 aliphatic carbocycles. The number of rotatable bonds is 4. The number of aromatic nitrogens is 1. The van der Waals surface area contributed by atoms with Crippen LogP contribution in [0.4, 0.5) is 0 Å². The molecule has 0 saturated carbocycles. The summed E-state index contributed by atoms with van der Waals surface area (Å²) < 4.78 is 1.02. The molecule has 1 heterocycles. The van der Waals surface area contributed by atoms with Crippen molar-refractivity contribution in [3.63, 3.8) is 0 Å². The molecule has 1 aromatic carbocycles. The van der Waals surface area contributed by atoms with Crippen LogP contribution in [0, 0.1) is 6.92 Å². The van der Waals surface area contributed by atoms with Gasteiger partial charge in [0.1, 0.15) is 0 Å². The zero-order chi connectivity index (χ0) is 14.0. The van der Waals surface area contributed by atoms with E-state index in [1.165, 1.54) is 11.3 Å². The molecule has 19 heavy (non-hydrogen) atoms. The molecule has 2 rings (SSSR count). The van der Waals surface area contributed by atoms with E-state index in [1.807, 2.05) is 25.1 Å². The molecular weight excluding hydrogens is 326 g/mol. The molecule has 2 aromatic rings. The first kappa shape index (κ1) is 14.2. The van der Waals surface area contributed by atoms with E-state index in [0.717, 1.165) is 38.3 Å². The van der Waals surface area contributed by atoms with Crippen LogP contribution in [0.1, 0.15) is 34.4 Å². The molecule has 0 unspecified atom stereocenters. The van der Waals surface area contributed by atoms with E-state index in [9.17, 15) is 9.90 Å². The van der Waals surface area contributed by atoms with E-state index in [4.69, 9.17) is 0 Å². The summed E-state index contributed by atoms with van der Waals surface area (Å²) in [4.78, 5) is 16.3. The van der Waals surface area contributed by atoms with Gasteiger partial charge in [-0.1, -0.05) is 28.9 Å². The SMILES string of the molecule is CCCc1nc(C(=O)O)c(-c2ccc(Br)c(C)c2)s1. The Hall–Kier alpha value is -1.20. The van der Waals surface area contributed by atoms with Crippen molar-refractivity contribution in [1.82, 2.24) is 4.98 Å². The van der Waals surface area contributed by atoms with Crippen LogP contribution in [0.3, 0.4) is 0 Å². The van der Waals surface area contributed by atoms with Crippen molar-refractivity contribution in [2.24, 2.45) is 0 Å². The minimum absolute atomic E-state index is 0.162. The second kappa shape index (κ2) is 5.84. The molecule has 3 nitrogen and oxygen atoms in total. The highest BCUT2D eigenvalue weighted by Gasteiger charge is 2.18. The van der Waals surface area contributed by atoms with Crippen molar-refractivity contribution in [2.75, 3.05) is 0 Å². The summed E-state index contributed by atoms with van der Waals surface area (Å²) in [5.74, 6) is -0.964. The van der Waals surface area contributed by atoms with Crippen LogP contribution in [0.15, 0.2) is 22.7 Å². The number of hydrogen-bond donors (Lipinski definition) is 1. The van der Waals surface area contributed by atoms with Crippen LogP contribution in [0.5, 0.6) is 0 Å². The number of halogens is 1. The van der Waals surface area contributed by atoms with E-state index in [2.05, 4.69) is 27.8 Å². The first-order valence-corrected chi connectivity index (χ1v) is 7.63. The lowest BCUT2D eigenvalue weighted by Crippen LogP contribution is -1.99. The highest BCUT2D eigenvalue weighted by molar-refractivity contribution is 9.10. The van der Waals surface area contributed by atoms with Crippen LogP contribution in [0.2, 0.25) is 0 Å². The Balaban J connectivity index is 2.53. The predicted molar refractivity (Wildman–Crippen MR) is 80.9 cm³/mol. The van der Waals surface area contributed by atoms with Crippen LogP contribution < -0.4 is 0 Å². The second-order valence-electron chi connectivity index (χ2n) is 4.30. The molecular formula is C14H14BrNO2S.